The van der Waals surface area contributed by atoms with E-state index in [1.807, 2.05) is 18.2 Å². The van der Waals surface area contributed by atoms with E-state index >= 15 is 0 Å². The van der Waals surface area contributed by atoms with Gasteiger partial charge in [0.15, 0.2) is 0 Å². The standard InChI is InChI=1S/C40H29N3O/c1-44-37-27-31(42(28-15-5-2-6-16-28)29-17-7-3-8-18-29)25-26-36(37)40-41-38-34-23-13-11-21-32(34)33-22-12-14-24-35(33)39(38)43(40)30-19-9-4-10-20-30/h2-27H,1H3. The zero-order chi connectivity index (χ0) is 29.5. The maximum Gasteiger partial charge on any atom is 0.149 e. The number of nitrogens with zero attached hydrogens (tertiary/aromatic N) is 3. The van der Waals surface area contributed by atoms with E-state index in [4.69, 9.17) is 9.72 Å². The summed E-state index contributed by atoms with van der Waals surface area (Å²) in [5, 5.41) is 4.71. The number of para-hydroxylation sites is 3. The van der Waals surface area contributed by atoms with Crippen molar-refractivity contribution in [2.24, 2.45) is 0 Å². The second-order valence-corrected chi connectivity index (χ2v) is 10.8. The zero-order valence-corrected chi connectivity index (χ0v) is 24.3. The Kier molecular flexibility index (Phi) is 6.31. The van der Waals surface area contributed by atoms with E-state index in [1.54, 1.807) is 7.11 Å². The molecule has 0 spiro atoms. The third kappa shape index (κ3) is 4.19. The second-order valence-electron chi connectivity index (χ2n) is 10.8. The number of hydrogen-bond donors (Lipinski definition) is 0. The molecule has 0 amide bonds. The normalized spacial score (nSPS) is 11.3. The molecule has 7 aromatic carbocycles. The van der Waals surface area contributed by atoms with Crippen LogP contribution in [0.25, 0.3) is 49.7 Å². The molecule has 0 fully saturated rings. The van der Waals surface area contributed by atoms with Crippen LogP contribution >= 0.6 is 0 Å². The zero-order valence-electron chi connectivity index (χ0n) is 24.3. The minimum Gasteiger partial charge on any atom is -0.496 e. The number of hydrogen-bond acceptors (Lipinski definition) is 3. The van der Waals surface area contributed by atoms with Crippen LogP contribution in [-0.2, 0) is 0 Å². The summed E-state index contributed by atoms with van der Waals surface area (Å²) in [6.07, 6.45) is 0. The van der Waals surface area contributed by atoms with Crippen molar-refractivity contribution < 1.29 is 4.74 Å². The Morgan fingerprint density at radius 3 is 1.66 bits per heavy atom. The Morgan fingerprint density at radius 2 is 1.05 bits per heavy atom. The van der Waals surface area contributed by atoms with E-state index in [-0.39, 0.29) is 0 Å². The van der Waals surface area contributed by atoms with E-state index in [0.717, 1.165) is 56.3 Å². The fraction of sp³-hybridized carbons (Fsp3) is 0.0250. The number of imidazole rings is 1. The fourth-order valence-corrected chi connectivity index (χ4v) is 6.32. The highest BCUT2D eigenvalue weighted by atomic mass is 16.5. The highest BCUT2D eigenvalue weighted by molar-refractivity contribution is 6.24. The number of methoxy groups -OCH3 is 1. The monoisotopic (exact) mass is 567 g/mol. The highest BCUT2D eigenvalue weighted by Crippen LogP contribution is 2.43. The van der Waals surface area contributed by atoms with Crippen LogP contribution < -0.4 is 9.64 Å². The summed E-state index contributed by atoms with van der Waals surface area (Å²) in [4.78, 5) is 7.65. The largest absolute Gasteiger partial charge is 0.496 e. The topological polar surface area (TPSA) is 30.3 Å². The van der Waals surface area contributed by atoms with E-state index in [2.05, 4.69) is 149 Å². The average Bonchev–Trinajstić information content (AvgIpc) is 3.51. The first kappa shape index (κ1) is 25.8. The second kappa shape index (κ2) is 10.8. The Labute approximate surface area is 256 Å². The summed E-state index contributed by atoms with van der Waals surface area (Å²) in [6.45, 7) is 0. The molecule has 0 aliphatic carbocycles. The van der Waals surface area contributed by atoms with Crippen LogP contribution in [0.1, 0.15) is 0 Å². The van der Waals surface area contributed by atoms with E-state index in [0.29, 0.717) is 0 Å². The quantitative estimate of drug-likeness (QED) is 0.187. The van der Waals surface area contributed by atoms with Crippen molar-refractivity contribution in [1.29, 1.82) is 0 Å². The lowest BCUT2D eigenvalue weighted by Gasteiger charge is -2.26. The van der Waals surface area contributed by atoms with Crippen molar-refractivity contribution in [3.8, 4) is 22.8 Å². The third-order valence-electron chi connectivity index (χ3n) is 8.26. The van der Waals surface area contributed by atoms with Gasteiger partial charge in [-0.05, 0) is 59.3 Å². The molecule has 8 rings (SSSR count). The number of fused-ring (bicyclic) bond motifs is 6. The molecule has 0 atom stereocenters. The molecule has 8 aromatic rings. The SMILES string of the molecule is COc1cc(N(c2ccccc2)c2ccccc2)ccc1-c1nc2c3ccccc3c3ccccc3c2n1-c1ccccc1. The molecule has 1 heterocycles. The van der Waals surface area contributed by atoms with Crippen molar-refractivity contribution in [3.63, 3.8) is 0 Å². The van der Waals surface area contributed by atoms with Crippen LogP contribution in [0.5, 0.6) is 5.75 Å². The molecule has 0 saturated carbocycles. The molecule has 4 heteroatoms. The maximum absolute atomic E-state index is 6.14. The van der Waals surface area contributed by atoms with Gasteiger partial charge >= 0.3 is 0 Å². The van der Waals surface area contributed by atoms with E-state index < -0.39 is 0 Å². The van der Waals surface area contributed by atoms with Gasteiger partial charge in [-0.2, -0.15) is 0 Å². The first-order valence-electron chi connectivity index (χ1n) is 14.8. The molecule has 210 valence electrons. The van der Waals surface area contributed by atoms with Crippen LogP contribution in [0.4, 0.5) is 17.1 Å². The van der Waals surface area contributed by atoms with Crippen molar-refractivity contribution in [3.05, 3.63) is 158 Å². The highest BCUT2D eigenvalue weighted by Gasteiger charge is 2.23. The van der Waals surface area contributed by atoms with Gasteiger partial charge in [0.05, 0.1) is 23.7 Å². The lowest BCUT2D eigenvalue weighted by molar-refractivity contribution is 0.416. The number of ether oxygens (including phenoxy) is 1. The first-order valence-corrected chi connectivity index (χ1v) is 14.8. The lowest BCUT2D eigenvalue weighted by atomic mass is 10.00. The molecule has 44 heavy (non-hydrogen) atoms. The lowest BCUT2D eigenvalue weighted by Crippen LogP contribution is -2.10. The molecule has 1 aromatic heterocycles. The van der Waals surface area contributed by atoms with Gasteiger partial charge < -0.3 is 9.64 Å². The number of anilines is 3. The van der Waals surface area contributed by atoms with Gasteiger partial charge in [-0.15, -0.1) is 0 Å². The predicted molar refractivity (Wildman–Crippen MR) is 183 cm³/mol. The fourth-order valence-electron chi connectivity index (χ4n) is 6.32. The Morgan fingerprint density at radius 1 is 0.523 bits per heavy atom. The van der Waals surface area contributed by atoms with Gasteiger partial charge in [0.25, 0.3) is 0 Å². The smallest absolute Gasteiger partial charge is 0.149 e. The molecule has 0 radical (unpaired) electrons. The Balaban J connectivity index is 1.42. The number of rotatable bonds is 6. The van der Waals surface area contributed by atoms with Gasteiger partial charge in [-0.3, -0.25) is 4.57 Å². The summed E-state index contributed by atoms with van der Waals surface area (Å²) in [6, 6.07) is 54.9. The van der Waals surface area contributed by atoms with Crippen molar-refractivity contribution in [2.45, 2.75) is 0 Å². The summed E-state index contributed by atoms with van der Waals surface area (Å²) >= 11 is 0. The van der Waals surface area contributed by atoms with Crippen molar-refractivity contribution in [2.75, 3.05) is 12.0 Å². The summed E-state index contributed by atoms with van der Waals surface area (Å²) in [5.74, 6) is 1.59. The third-order valence-corrected chi connectivity index (χ3v) is 8.26. The Bertz CT molecular complexity index is 2220. The van der Waals surface area contributed by atoms with Crippen molar-refractivity contribution in [1.82, 2.24) is 9.55 Å². The van der Waals surface area contributed by atoms with Gasteiger partial charge in [0.1, 0.15) is 11.6 Å². The number of aromatic nitrogens is 2. The molecule has 0 saturated heterocycles. The first-order chi connectivity index (χ1) is 21.8. The minimum absolute atomic E-state index is 0.750. The predicted octanol–water partition coefficient (Wildman–Crippen LogP) is 10.5. The molecular weight excluding hydrogens is 538 g/mol. The molecule has 0 bridgehead atoms. The molecule has 0 N–H and O–H groups in total. The summed E-state index contributed by atoms with van der Waals surface area (Å²) in [7, 11) is 1.73. The van der Waals surface area contributed by atoms with Crippen LogP contribution in [-0.4, -0.2) is 16.7 Å². The molecule has 0 aliphatic heterocycles. The van der Waals surface area contributed by atoms with Crippen molar-refractivity contribution >= 4 is 49.6 Å². The molecule has 0 unspecified atom stereocenters. The van der Waals surface area contributed by atoms with Gasteiger partial charge in [0.2, 0.25) is 0 Å². The number of benzene rings is 7. The molecule has 0 aliphatic rings. The minimum atomic E-state index is 0.750. The van der Waals surface area contributed by atoms with Gasteiger partial charge in [-0.25, -0.2) is 4.98 Å². The van der Waals surface area contributed by atoms with Gasteiger partial charge in [-0.1, -0.05) is 103 Å². The summed E-state index contributed by atoms with van der Waals surface area (Å²) in [5.41, 5.74) is 7.17. The van der Waals surface area contributed by atoms with Crippen LogP contribution in [0.2, 0.25) is 0 Å². The van der Waals surface area contributed by atoms with E-state index in [9.17, 15) is 0 Å². The van der Waals surface area contributed by atoms with Crippen LogP contribution in [0.15, 0.2) is 158 Å². The van der Waals surface area contributed by atoms with Crippen LogP contribution in [0, 0.1) is 0 Å². The summed E-state index contributed by atoms with van der Waals surface area (Å²) < 4.78 is 8.43. The van der Waals surface area contributed by atoms with Crippen LogP contribution in [0.3, 0.4) is 0 Å². The molecule has 4 nitrogen and oxygen atoms in total. The Hall–Kier alpha value is -5.87. The van der Waals surface area contributed by atoms with Gasteiger partial charge in [0, 0.05) is 39.6 Å². The molecular formula is C40H29N3O. The average molecular weight is 568 g/mol. The van der Waals surface area contributed by atoms with E-state index in [1.165, 1.54) is 16.2 Å². The maximum atomic E-state index is 6.14.